The van der Waals surface area contributed by atoms with E-state index in [0.717, 1.165) is 0 Å². The first-order chi connectivity index (χ1) is 7.47. The molecule has 0 spiro atoms. The molecule has 0 heterocycles. The Balaban J connectivity index is 4.69. The van der Waals surface area contributed by atoms with Crippen LogP contribution in [0.15, 0.2) is 0 Å². The predicted octanol–water partition coefficient (Wildman–Crippen LogP) is 0.148. The van der Waals surface area contributed by atoms with Crippen molar-refractivity contribution in [2.75, 3.05) is 21.3 Å². The fourth-order valence-corrected chi connectivity index (χ4v) is 1.28. The van der Waals surface area contributed by atoms with Gasteiger partial charge in [0.15, 0.2) is 5.92 Å². The van der Waals surface area contributed by atoms with Crippen molar-refractivity contribution in [2.45, 2.75) is 13.3 Å². The van der Waals surface area contributed by atoms with Crippen LogP contribution < -0.4 is 0 Å². The number of carbonyl (C=O) groups is 3. The second kappa shape index (κ2) is 6.81. The lowest BCUT2D eigenvalue weighted by Gasteiger charge is -2.18. The van der Waals surface area contributed by atoms with Crippen LogP contribution in [-0.2, 0) is 28.6 Å². The molecule has 1 unspecified atom stereocenters. The number of esters is 3. The molecular weight excluding hydrogens is 216 g/mol. The molecule has 0 aromatic rings. The molecule has 0 bridgehead atoms. The fraction of sp³-hybridized carbons (Fsp3) is 0.700. The largest absolute Gasteiger partial charge is 0.469 e. The predicted molar refractivity (Wildman–Crippen MR) is 53.3 cm³/mol. The third-order valence-corrected chi connectivity index (χ3v) is 2.20. The minimum Gasteiger partial charge on any atom is -0.469 e. The molecule has 92 valence electrons. The van der Waals surface area contributed by atoms with Gasteiger partial charge in [0.2, 0.25) is 0 Å². The van der Waals surface area contributed by atoms with Crippen LogP contribution in [0.2, 0.25) is 0 Å². The van der Waals surface area contributed by atoms with Crippen molar-refractivity contribution in [1.29, 1.82) is 0 Å². The van der Waals surface area contributed by atoms with E-state index in [0.29, 0.717) is 0 Å². The van der Waals surface area contributed by atoms with E-state index in [1.54, 1.807) is 6.92 Å². The SMILES string of the molecule is COC(=O)CC(C)C(C(=O)OC)C(=O)OC. The van der Waals surface area contributed by atoms with E-state index in [2.05, 4.69) is 14.2 Å². The molecule has 0 aliphatic rings. The summed E-state index contributed by atoms with van der Waals surface area (Å²) in [5.74, 6) is -3.57. The van der Waals surface area contributed by atoms with E-state index in [-0.39, 0.29) is 6.42 Å². The molecule has 0 N–H and O–H groups in total. The van der Waals surface area contributed by atoms with Crippen LogP contribution in [0.4, 0.5) is 0 Å². The number of rotatable bonds is 5. The Morgan fingerprint density at radius 3 is 1.69 bits per heavy atom. The van der Waals surface area contributed by atoms with Gasteiger partial charge in [-0.05, 0) is 5.92 Å². The van der Waals surface area contributed by atoms with Crippen LogP contribution in [0.25, 0.3) is 0 Å². The average molecular weight is 232 g/mol. The van der Waals surface area contributed by atoms with Gasteiger partial charge in [-0.3, -0.25) is 14.4 Å². The maximum atomic E-state index is 11.3. The monoisotopic (exact) mass is 232 g/mol. The summed E-state index contributed by atoms with van der Waals surface area (Å²) >= 11 is 0. The molecule has 0 radical (unpaired) electrons. The molecule has 0 aliphatic carbocycles. The number of hydrogen-bond acceptors (Lipinski definition) is 6. The van der Waals surface area contributed by atoms with Crippen molar-refractivity contribution in [3.63, 3.8) is 0 Å². The summed E-state index contributed by atoms with van der Waals surface area (Å²) < 4.78 is 13.4. The minimum absolute atomic E-state index is 0.0502. The van der Waals surface area contributed by atoms with Crippen molar-refractivity contribution in [2.24, 2.45) is 11.8 Å². The molecule has 16 heavy (non-hydrogen) atoms. The molecule has 0 rings (SSSR count). The lowest BCUT2D eigenvalue weighted by Crippen LogP contribution is -2.33. The summed E-state index contributed by atoms with van der Waals surface area (Å²) in [7, 11) is 3.58. The zero-order chi connectivity index (χ0) is 12.7. The normalized spacial score (nSPS) is 11.8. The van der Waals surface area contributed by atoms with E-state index in [1.807, 2.05) is 0 Å². The van der Waals surface area contributed by atoms with Crippen molar-refractivity contribution in [3.8, 4) is 0 Å². The molecular formula is C10H16O6. The second-order valence-electron chi connectivity index (χ2n) is 3.28. The van der Waals surface area contributed by atoms with Crippen molar-refractivity contribution in [3.05, 3.63) is 0 Å². The maximum absolute atomic E-state index is 11.3. The summed E-state index contributed by atoms with van der Waals surface area (Å²) in [4.78, 5) is 33.7. The first-order valence-corrected chi connectivity index (χ1v) is 4.70. The summed E-state index contributed by atoms with van der Waals surface area (Å²) in [6.45, 7) is 1.58. The van der Waals surface area contributed by atoms with Crippen LogP contribution in [0.1, 0.15) is 13.3 Å². The molecule has 0 aliphatic heterocycles. The quantitative estimate of drug-likeness (QED) is 0.381. The molecule has 0 saturated heterocycles. The van der Waals surface area contributed by atoms with E-state index >= 15 is 0 Å². The van der Waals surface area contributed by atoms with E-state index in [4.69, 9.17) is 0 Å². The summed E-state index contributed by atoms with van der Waals surface area (Å²) in [5.41, 5.74) is 0. The third-order valence-electron chi connectivity index (χ3n) is 2.20. The topological polar surface area (TPSA) is 78.9 Å². The molecule has 0 saturated carbocycles. The molecule has 0 amide bonds. The molecule has 6 nitrogen and oxygen atoms in total. The van der Waals surface area contributed by atoms with Crippen LogP contribution >= 0.6 is 0 Å². The van der Waals surface area contributed by atoms with E-state index in [9.17, 15) is 14.4 Å². The number of carbonyl (C=O) groups excluding carboxylic acids is 3. The Hall–Kier alpha value is -1.59. The highest BCUT2D eigenvalue weighted by atomic mass is 16.5. The van der Waals surface area contributed by atoms with Crippen molar-refractivity contribution in [1.82, 2.24) is 0 Å². The van der Waals surface area contributed by atoms with Gasteiger partial charge >= 0.3 is 17.9 Å². The number of hydrogen-bond donors (Lipinski definition) is 0. The fourth-order valence-electron chi connectivity index (χ4n) is 1.28. The van der Waals surface area contributed by atoms with Gasteiger partial charge in [-0.25, -0.2) is 0 Å². The Morgan fingerprint density at radius 2 is 1.38 bits per heavy atom. The highest BCUT2D eigenvalue weighted by Gasteiger charge is 2.35. The lowest BCUT2D eigenvalue weighted by atomic mass is 9.91. The highest BCUT2D eigenvalue weighted by molar-refractivity contribution is 5.95. The van der Waals surface area contributed by atoms with Gasteiger partial charge in [0.25, 0.3) is 0 Å². The molecule has 0 aromatic carbocycles. The Morgan fingerprint density at radius 1 is 0.938 bits per heavy atom. The first-order valence-electron chi connectivity index (χ1n) is 4.70. The molecule has 0 fully saturated rings. The van der Waals surface area contributed by atoms with E-state index < -0.39 is 29.7 Å². The standard InChI is InChI=1S/C10H16O6/c1-6(5-7(11)14-2)8(9(12)15-3)10(13)16-4/h6,8H,5H2,1-4H3. The van der Waals surface area contributed by atoms with E-state index in [1.165, 1.54) is 21.3 Å². The zero-order valence-electron chi connectivity index (χ0n) is 9.81. The van der Waals surface area contributed by atoms with Crippen LogP contribution in [0.5, 0.6) is 0 Å². The van der Waals surface area contributed by atoms with Gasteiger partial charge in [-0.15, -0.1) is 0 Å². The summed E-state index contributed by atoms with van der Waals surface area (Å²) in [6.07, 6.45) is -0.0502. The summed E-state index contributed by atoms with van der Waals surface area (Å²) in [5, 5.41) is 0. The highest BCUT2D eigenvalue weighted by Crippen LogP contribution is 2.19. The number of ether oxygens (including phenoxy) is 3. The van der Waals surface area contributed by atoms with Gasteiger partial charge in [0.1, 0.15) is 0 Å². The van der Waals surface area contributed by atoms with Crippen LogP contribution in [0, 0.1) is 11.8 Å². The molecule has 6 heteroatoms. The summed E-state index contributed by atoms with van der Waals surface area (Å²) in [6, 6.07) is 0. The third kappa shape index (κ3) is 3.88. The molecule has 0 aromatic heterocycles. The van der Waals surface area contributed by atoms with Gasteiger partial charge < -0.3 is 14.2 Å². The minimum atomic E-state index is -1.10. The lowest BCUT2D eigenvalue weighted by molar-refractivity contribution is -0.162. The Kier molecular flexibility index (Phi) is 6.14. The van der Waals surface area contributed by atoms with Crippen molar-refractivity contribution < 1.29 is 28.6 Å². The second-order valence-corrected chi connectivity index (χ2v) is 3.28. The molecule has 1 atom stereocenters. The van der Waals surface area contributed by atoms with Crippen LogP contribution in [-0.4, -0.2) is 39.2 Å². The van der Waals surface area contributed by atoms with Crippen LogP contribution in [0.3, 0.4) is 0 Å². The van der Waals surface area contributed by atoms with Gasteiger partial charge in [0.05, 0.1) is 21.3 Å². The smallest absolute Gasteiger partial charge is 0.320 e. The average Bonchev–Trinajstić information content (AvgIpc) is 2.28. The Bertz CT molecular complexity index is 256. The van der Waals surface area contributed by atoms with Crippen molar-refractivity contribution >= 4 is 17.9 Å². The van der Waals surface area contributed by atoms with Gasteiger partial charge in [-0.2, -0.15) is 0 Å². The number of methoxy groups -OCH3 is 3. The Labute approximate surface area is 93.8 Å². The zero-order valence-corrected chi connectivity index (χ0v) is 9.81. The maximum Gasteiger partial charge on any atom is 0.320 e. The van der Waals surface area contributed by atoms with Gasteiger partial charge in [-0.1, -0.05) is 6.92 Å². The first kappa shape index (κ1) is 14.4. The van der Waals surface area contributed by atoms with Gasteiger partial charge in [0, 0.05) is 6.42 Å².